The monoisotopic (exact) mass is 266 g/mol. The summed E-state index contributed by atoms with van der Waals surface area (Å²) in [6, 6.07) is 0. The molecule has 0 radical (unpaired) electrons. The molecule has 0 amide bonds. The quantitative estimate of drug-likeness (QED) is 0.537. The number of hydrogen-bond acceptors (Lipinski definition) is 3. The van der Waals surface area contributed by atoms with Gasteiger partial charge in [0.05, 0.1) is 6.61 Å². The van der Waals surface area contributed by atoms with Crippen LogP contribution >= 0.6 is 11.6 Å². The van der Waals surface area contributed by atoms with Crippen LogP contribution in [0.25, 0.3) is 0 Å². The SMILES string of the molecule is CC#CC#CC=C1O[C@@]2(CCCCO2)[C@H](O)[C@H]1Cl. The summed E-state index contributed by atoms with van der Waals surface area (Å²) in [5, 5.41) is 9.53. The predicted molar refractivity (Wildman–Crippen MR) is 68.6 cm³/mol. The highest BCUT2D eigenvalue weighted by atomic mass is 35.5. The highest BCUT2D eigenvalue weighted by Gasteiger charge is 2.54. The standard InChI is InChI=1S/C14H15ClO3/c1-2-3-4-5-8-11-12(15)13(16)14(18-11)9-6-7-10-17-14/h8,12-13,16H,6-7,9-10H2,1H3/t12-,13+,14-/m0/s1. The molecule has 2 heterocycles. The van der Waals surface area contributed by atoms with Gasteiger partial charge in [-0.15, -0.1) is 11.6 Å². The van der Waals surface area contributed by atoms with Crippen molar-refractivity contribution in [3.63, 3.8) is 0 Å². The van der Waals surface area contributed by atoms with E-state index in [1.165, 1.54) is 0 Å². The van der Waals surface area contributed by atoms with Gasteiger partial charge in [-0.3, -0.25) is 0 Å². The van der Waals surface area contributed by atoms with Gasteiger partial charge in [0.2, 0.25) is 5.79 Å². The summed E-state index contributed by atoms with van der Waals surface area (Å²) in [5.74, 6) is 10.1. The third-order valence-electron chi connectivity index (χ3n) is 3.03. The zero-order valence-corrected chi connectivity index (χ0v) is 11.0. The van der Waals surface area contributed by atoms with E-state index in [2.05, 4.69) is 23.7 Å². The van der Waals surface area contributed by atoms with Crippen LogP contribution in [0.4, 0.5) is 0 Å². The van der Waals surface area contributed by atoms with Gasteiger partial charge in [-0.25, -0.2) is 0 Å². The molecule has 18 heavy (non-hydrogen) atoms. The highest BCUT2D eigenvalue weighted by Crippen LogP contribution is 2.42. The molecule has 0 unspecified atom stereocenters. The van der Waals surface area contributed by atoms with E-state index in [9.17, 15) is 5.11 Å². The van der Waals surface area contributed by atoms with Crippen LogP contribution in [0.15, 0.2) is 11.8 Å². The predicted octanol–water partition coefficient (Wildman–Crippen LogP) is 1.79. The number of halogens is 1. The molecule has 4 heteroatoms. The highest BCUT2D eigenvalue weighted by molar-refractivity contribution is 6.23. The molecule has 2 fully saturated rings. The van der Waals surface area contributed by atoms with E-state index < -0.39 is 17.3 Å². The minimum Gasteiger partial charge on any atom is -0.461 e. The molecule has 1 spiro atoms. The van der Waals surface area contributed by atoms with E-state index >= 15 is 0 Å². The van der Waals surface area contributed by atoms with Gasteiger partial charge in [0.1, 0.15) is 17.2 Å². The van der Waals surface area contributed by atoms with Crippen LogP contribution in [0, 0.1) is 23.7 Å². The maximum absolute atomic E-state index is 10.1. The van der Waals surface area contributed by atoms with E-state index in [-0.39, 0.29) is 0 Å². The van der Waals surface area contributed by atoms with Crippen LogP contribution in [0.1, 0.15) is 26.2 Å². The molecule has 2 saturated heterocycles. The Morgan fingerprint density at radius 2 is 2.28 bits per heavy atom. The van der Waals surface area contributed by atoms with Gasteiger partial charge < -0.3 is 14.6 Å². The Labute approximate surface area is 112 Å². The van der Waals surface area contributed by atoms with Gasteiger partial charge in [0.25, 0.3) is 0 Å². The van der Waals surface area contributed by atoms with Gasteiger partial charge in [-0.1, -0.05) is 11.8 Å². The zero-order valence-electron chi connectivity index (χ0n) is 10.2. The van der Waals surface area contributed by atoms with E-state index in [0.29, 0.717) is 18.8 Å². The third-order valence-corrected chi connectivity index (χ3v) is 3.48. The number of aliphatic hydroxyl groups is 1. The second-order valence-corrected chi connectivity index (χ2v) is 4.73. The Balaban J connectivity index is 2.16. The Morgan fingerprint density at radius 1 is 1.44 bits per heavy atom. The second kappa shape index (κ2) is 5.67. The van der Waals surface area contributed by atoms with Gasteiger partial charge >= 0.3 is 0 Å². The van der Waals surface area contributed by atoms with Crippen LogP contribution in [0.3, 0.4) is 0 Å². The average molecular weight is 267 g/mol. The third kappa shape index (κ3) is 2.49. The van der Waals surface area contributed by atoms with Crippen molar-refractivity contribution >= 4 is 11.6 Å². The number of aliphatic hydroxyl groups excluding tert-OH is 1. The number of ether oxygens (including phenoxy) is 2. The molecule has 0 saturated carbocycles. The fourth-order valence-corrected chi connectivity index (χ4v) is 2.41. The molecule has 2 rings (SSSR count). The summed E-state index contributed by atoms with van der Waals surface area (Å²) >= 11 is 6.14. The molecule has 2 aliphatic rings. The van der Waals surface area contributed by atoms with Crippen molar-refractivity contribution in [2.24, 2.45) is 0 Å². The number of hydrogen-bond donors (Lipinski definition) is 1. The van der Waals surface area contributed by atoms with Crippen LogP contribution in [-0.2, 0) is 9.47 Å². The molecule has 0 aromatic rings. The molecule has 3 atom stereocenters. The van der Waals surface area contributed by atoms with Crippen molar-refractivity contribution in [3.8, 4) is 23.7 Å². The number of allylic oxidation sites excluding steroid dienone is 1. The first-order chi connectivity index (χ1) is 8.69. The van der Waals surface area contributed by atoms with Crippen molar-refractivity contribution in [2.45, 2.75) is 43.5 Å². The Morgan fingerprint density at radius 3 is 2.94 bits per heavy atom. The second-order valence-electron chi connectivity index (χ2n) is 4.26. The molecular weight excluding hydrogens is 252 g/mol. The molecule has 0 bridgehead atoms. The molecule has 1 N–H and O–H groups in total. The minimum absolute atomic E-state index is 0.455. The van der Waals surface area contributed by atoms with Crippen molar-refractivity contribution in [2.75, 3.05) is 6.61 Å². The fourth-order valence-electron chi connectivity index (χ4n) is 2.11. The minimum atomic E-state index is -0.978. The summed E-state index contributed by atoms with van der Waals surface area (Å²) in [5.41, 5.74) is 0. The first-order valence-corrected chi connectivity index (χ1v) is 6.41. The lowest BCUT2D eigenvalue weighted by Gasteiger charge is -2.34. The first-order valence-electron chi connectivity index (χ1n) is 5.97. The van der Waals surface area contributed by atoms with Crippen molar-refractivity contribution < 1.29 is 14.6 Å². The van der Waals surface area contributed by atoms with Crippen molar-refractivity contribution in [3.05, 3.63) is 11.8 Å². The first kappa shape index (κ1) is 13.3. The summed E-state index contributed by atoms with van der Waals surface area (Å²) < 4.78 is 11.3. The average Bonchev–Trinajstić information content (AvgIpc) is 2.61. The van der Waals surface area contributed by atoms with Crippen LogP contribution in [-0.4, -0.2) is 29.0 Å². The Hall–Kier alpha value is -1.13. The lowest BCUT2D eigenvalue weighted by molar-refractivity contribution is -0.253. The van der Waals surface area contributed by atoms with Crippen molar-refractivity contribution in [1.29, 1.82) is 0 Å². The topological polar surface area (TPSA) is 38.7 Å². The molecule has 2 aliphatic heterocycles. The number of rotatable bonds is 0. The summed E-state index contributed by atoms with van der Waals surface area (Å²) in [7, 11) is 0. The summed E-state index contributed by atoms with van der Waals surface area (Å²) in [6.07, 6.45) is 3.29. The Bertz CT molecular complexity index is 455. The van der Waals surface area contributed by atoms with Gasteiger partial charge in [0, 0.05) is 12.5 Å². The maximum Gasteiger partial charge on any atom is 0.238 e. The lowest BCUT2D eigenvalue weighted by atomic mass is 10.00. The number of alkyl halides is 1. The molecule has 96 valence electrons. The lowest BCUT2D eigenvalue weighted by Crippen LogP contribution is -2.46. The normalized spacial score (nSPS) is 36.5. The summed E-state index contributed by atoms with van der Waals surface area (Å²) in [4.78, 5) is 0. The summed E-state index contributed by atoms with van der Waals surface area (Å²) in [6.45, 7) is 2.30. The van der Waals surface area contributed by atoms with Gasteiger partial charge in [0.15, 0.2) is 0 Å². The molecule has 0 aromatic carbocycles. The van der Waals surface area contributed by atoms with E-state index in [4.69, 9.17) is 21.1 Å². The molecule has 0 aliphatic carbocycles. The molecular formula is C14H15ClO3. The van der Waals surface area contributed by atoms with Crippen LogP contribution < -0.4 is 0 Å². The van der Waals surface area contributed by atoms with Gasteiger partial charge in [-0.2, -0.15) is 0 Å². The smallest absolute Gasteiger partial charge is 0.238 e. The van der Waals surface area contributed by atoms with Crippen LogP contribution in [0.2, 0.25) is 0 Å². The zero-order chi connectivity index (χ0) is 13.0. The largest absolute Gasteiger partial charge is 0.461 e. The van der Waals surface area contributed by atoms with E-state index in [1.54, 1.807) is 13.0 Å². The van der Waals surface area contributed by atoms with E-state index in [1.807, 2.05) is 0 Å². The molecule has 0 aromatic heterocycles. The van der Waals surface area contributed by atoms with E-state index in [0.717, 1.165) is 12.8 Å². The molecule has 3 nitrogen and oxygen atoms in total. The fraction of sp³-hybridized carbons (Fsp3) is 0.571. The van der Waals surface area contributed by atoms with Crippen molar-refractivity contribution in [1.82, 2.24) is 0 Å². The Kier molecular flexibility index (Phi) is 4.19. The van der Waals surface area contributed by atoms with Gasteiger partial charge in [-0.05, 0) is 31.6 Å². The maximum atomic E-state index is 10.1. The van der Waals surface area contributed by atoms with Crippen LogP contribution in [0.5, 0.6) is 0 Å².